The second kappa shape index (κ2) is 5.23. The molecular weight excluding hydrogens is 204 g/mol. The van der Waals surface area contributed by atoms with Gasteiger partial charge in [-0.1, -0.05) is 0 Å². The van der Waals surface area contributed by atoms with Crippen LogP contribution in [0.15, 0.2) is 12.3 Å². The smallest absolute Gasteiger partial charge is 0.216 e. The molecule has 1 aromatic rings. The Morgan fingerprint density at radius 3 is 2.80 bits per heavy atom. The second-order valence-corrected chi connectivity index (χ2v) is 2.89. The first-order chi connectivity index (χ1) is 7.09. The molecule has 1 amide bonds. The number of rotatable bonds is 4. The van der Waals surface area contributed by atoms with Crippen LogP contribution in [0.4, 0.5) is 14.6 Å². The van der Waals surface area contributed by atoms with Crippen molar-refractivity contribution >= 4 is 11.7 Å². The highest BCUT2D eigenvalue weighted by Gasteiger charge is 2.03. The van der Waals surface area contributed by atoms with Crippen LogP contribution in [0, 0.1) is 11.6 Å². The molecule has 0 saturated carbocycles. The third-order valence-corrected chi connectivity index (χ3v) is 1.60. The van der Waals surface area contributed by atoms with Crippen molar-refractivity contribution in [2.45, 2.75) is 6.92 Å². The van der Waals surface area contributed by atoms with E-state index in [0.717, 1.165) is 12.3 Å². The van der Waals surface area contributed by atoms with Crippen LogP contribution in [-0.2, 0) is 4.79 Å². The van der Waals surface area contributed by atoms with Crippen molar-refractivity contribution in [1.82, 2.24) is 10.3 Å². The summed E-state index contributed by atoms with van der Waals surface area (Å²) in [4.78, 5) is 14.0. The fourth-order valence-corrected chi connectivity index (χ4v) is 0.964. The third-order valence-electron chi connectivity index (χ3n) is 1.60. The molecule has 6 heteroatoms. The van der Waals surface area contributed by atoms with Crippen LogP contribution in [0.3, 0.4) is 0 Å². The second-order valence-electron chi connectivity index (χ2n) is 2.89. The standard InChI is InChI=1S/C9H11F2N3O/c1-6(15)12-2-3-13-9-8(11)4-7(10)5-14-9/h4-5H,2-3H2,1H3,(H,12,15)(H,13,14). The summed E-state index contributed by atoms with van der Waals surface area (Å²) in [7, 11) is 0. The zero-order valence-corrected chi connectivity index (χ0v) is 8.18. The molecule has 2 N–H and O–H groups in total. The average molecular weight is 215 g/mol. The van der Waals surface area contributed by atoms with Crippen LogP contribution in [0.25, 0.3) is 0 Å². The van der Waals surface area contributed by atoms with E-state index in [0.29, 0.717) is 13.1 Å². The van der Waals surface area contributed by atoms with E-state index >= 15 is 0 Å². The minimum atomic E-state index is -0.752. The Morgan fingerprint density at radius 1 is 1.47 bits per heavy atom. The van der Waals surface area contributed by atoms with Gasteiger partial charge in [0.25, 0.3) is 0 Å². The summed E-state index contributed by atoms with van der Waals surface area (Å²) in [5.74, 6) is -1.66. The molecule has 0 unspecified atom stereocenters. The summed E-state index contributed by atoms with van der Waals surface area (Å²) in [6.45, 7) is 2.07. The summed E-state index contributed by atoms with van der Waals surface area (Å²) >= 11 is 0. The number of amides is 1. The summed E-state index contributed by atoms with van der Waals surface area (Å²) in [5.41, 5.74) is 0. The lowest BCUT2D eigenvalue weighted by molar-refractivity contribution is -0.118. The number of nitrogens with zero attached hydrogens (tertiary/aromatic N) is 1. The normalized spacial score (nSPS) is 9.80. The van der Waals surface area contributed by atoms with Crippen LogP contribution >= 0.6 is 0 Å². The van der Waals surface area contributed by atoms with Gasteiger partial charge in [-0.05, 0) is 0 Å². The Bertz CT molecular complexity index is 357. The van der Waals surface area contributed by atoms with Gasteiger partial charge in [-0.25, -0.2) is 13.8 Å². The Balaban J connectivity index is 2.40. The van der Waals surface area contributed by atoms with Crippen molar-refractivity contribution in [3.05, 3.63) is 23.9 Å². The molecule has 0 aromatic carbocycles. The highest BCUT2D eigenvalue weighted by molar-refractivity contribution is 5.72. The maximum atomic E-state index is 13.0. The van der Waals surface area contributed by atoms with E-state index in [1.165, 1.54) is 6.92 Å². The van der Waals surface area contributed by atoms with Crippen LogP contribution in [0.5, 0.6) is 0 Å². The topological polar surface area (TPSA) is 54.0 Å². The lowest BCUT2D eigenvalue weighted by Gasteiger charge is -2.06. The minimum absolute atomic E-state index is 0.0262. The largest absolute Gasteiger partial charge is 0.366 e. The molecule has 82 valence electrons. The SMILES string of the molecule is CC(=O)NCCNc1ncc(F)cc1F. The number of carbonyl (C=O) groups excluding carboxylic acids is 1. The maximum Gasteiger partial charge on any atom is 0.216 e. The molecule has 0 atom stereocenters. The van der Waals surface area contributed by atoms with Gasteiger partial charge in [0.15, 0.2) is 11.6 Å². The molecule has 1 aromatic heterocycles. The lowest BCUT2D eigenvalue weighted by atomic mass is 10.4. The van der Waals surface area contributed by atoms with E-state index in [9.17, 15) is 13.6 Å². The zero-order valence-electron chi connectivity index (χ0n) is 8.18. The number of hydrogen-bond acceptors (Lipinski definition) is 3. The van der Waals surface area contributed by atoms with Gasteiger partial charge in [0, 0.05) is 26.1 Å². The molecule has 1 rings (SSSR count). The van der Waals surface area contributed by atoms with E-state index in [1.54, 1.807) is 0 Å². The van der Waals surface area contributed by atoms with Gasteiger partial charge in [0.2, 0.25) is 5.91 Å². The summed E-state index contributed by atoms with van der Waals surface area (Å²) in [6, 6.07) is 0.744. The summed E-state index contributed by atoms with van der Waals surface area (Å²) < 4.78 is 25.4. The van der Waals surface area contributed by atoms with Gasteiger partial charge in [0.05, 0.1) is 6.20 Å². The molecule has 4 nitrogen and oxygen atoms in total. The van der Waals surface area contributed by atoms with Gasteiger partial charge < -0.3 is 10.6 Å². The maximum absolute atomic E-state index is 13.0. The van der Waals surface area contributed by atoms with Crippen molar-refractivity contribution in [3.8, 4) is 0 Å². The Hall–Kier alpha value is -1.72. The molecule has 0 spiro atoms. The summed E-state index contributed by atoms with van der Waals surface area (Å²) in [6.07, 6.45) is 0.920. The van der Waals surface area contributed by atoms with Crippen molar-refractivity contribution in [2.75, 3.05) is 18.4 Å². The predicted molar refractivity (Wildman–Crippen MR) is 51.3 cm³/mol. The van der Waals surface area contributed by atoms with Crippen molar-refractivity contribution < 1.29 is 13.6 Å². The first-order valence-corrected chi connectivity index (χ1v) is 4.39. The Labute approximate surface area is 85.7 Å². The fourth-order valence-electron chi connectivity index (χ4n) is 0.964. The number of carbonyl (C=O) groups is 1. The van der Waals surface area contributed by atoms with E-state index in [4.69, 9.17) is 0 Å². The molecular formula is C9H11F2N3O. The van der Waals surface area contributed by atoms with E-state index in [-0.39, 0.29) is 11.7 Å². The van der Waals surface area contributed by atoms with Gasteiger partial charge in [0.1, 0.15) is 5.82 Å². The molecule has 1 heterocycles. The van der Waals surface area contributed by atoms with Gasteiger partial charge in [-0.2, -0.15) is 0 Å². The molecule has 0 radical (unpaired) electrons. The zero-order chi connectivity index (χ0) is 11.3. The minimum Gasteiger partial charge on any atom is -0.366 e. The average Bonchev–Trinajstić information content (AvgIpc) is 2.14. The third kappa shape index (κ3) is 3.88. The van der Waals surface area contributed by atoms with E-state index < -0.39 is 11.6 Å². The number of halogens is 2. The number of pyridine rings is 1. The Kier molecular flexibility index (Phi) is 3.96. The van der Waals surface area contributed by atoms with E-state index in [1.807, 2.05) is 0 Å². The molecule has 0 saturated heterocycles. The first kappa shape index (κ1) is 11.4. The van der Waals surface area contributed by atoms with Gasteiger partial charge in [-0.3, -0.25) is 4.79 Å². The number of hydrogen-bond donors (Lipinski definition) is 2. The van der Waals surface area contributed by atoms with Crippen LogP contribution < -0.4 is 10.6 Å². The number of aromatic nitrogens is 1. The van der Waals surface area contributed by atoms with Crippen molar-refractivity contribution in [2.24, 2.45) is 0 Å². The monoisotopic (exact) mass is 215 g/mol. The first-order valence-electron chi connectivity index (χ1n) is 4.39. The fraction of sp³-hybridized carbons (Fsp3) is 0.333. The lowest BCUT2D eigenvalue weighted by Crippen LogP contribution is -2.26. The van der Waals surface area contributed by atoms with Crippen LogP contribution in [0.1, 0.15) is 6.92 Å². The Morgan fingerprint density at radius 2 is 2.20 bits per heavy atom. The van der Waals surface area contributed by atoms with Crippen molar-refractivity contribution in [3.63, 3.8) is 0 Å². The molecule has 0 aliphatic carbocycles. The van der Waals surface area contributed by atoms with Crippen LogP contribution in [-0.4, -0.2) is 24.0 Å². The number of anilines is 1. The van der Waals surface area contributed by atoms with Gasteiger partial charge >= 0.3 is 0 Å². The highest BCUT2D eigenvalue weighted by Crippen LogP contribution is 2.10. The highest BCUT2D eigenvalue weighted by atomic mass is 19.1. The molecule has 0 bridgehead atoms. The molecule has 0 aliphatic rings. The van der Waals surface area contributed by atoms with Crippen molar-refractivity contribution in [1.29, 1.82) is 0 Å². The van der Waals surface area contributed by atoms with Gasteiger partial charge in [-0.15, -0.1) is 0 Å². The summed E-state index contributed by atoms with van der Waals surface area (Å²) in [5, 5.41) is 5.15. The molecule has 15 heavy (non-hydrogen) atoms. The van der Waals surface area contributed by atoms with Crippen LogP contribution in [0.2, 0.25) is 0 Å². The quantitative estimate of drug-likeness (QED) is 0.734. The number of nitrogens with one attached hydrogen (secondary N) is 2. The molecule has 0 aliphatic heterocycles. The van der Waals surface area contributed by atoms with E-state index in [2.05, 4.69) is 15.6 Å². The predicted octanol–water partition coefficient (Wildman–Crippen LogP) is 0.908. The molecule has 0 fully saturated rings.